The lowest BCUT2D eigenvalue weighted by atomic mass is 10.4. The lowest BCUT2D eigenvalue weighted by Crippen LogP contribution is -2.63. The monoisotopic (exact) mass is 189 g/mol. The molecule has 1 unspecified atom stereocenters. The molecule has 0 amide bonds. The molecule has 3 nitrogen and oxygen atoms in total. The van der Waals surface area contributed by atoms with Gasteiger partial charge in [0.1, 0.15) is 5.79 Å². The molecule has 0 bridgehead atoms. The number of rotatable bonds is 6. The first-order chi connectivity index (χ1) is 5.58. The van der Waals surface area contributed by atoms with E-state index in [1.807, 2.05) is 14.1 Å². The highest BCUT2D eigenvalue weighted by molar-refractivity contribution is 6.34. The maximum Gasteiger partial charge on any atom is 0.113 e. The fraction of sp³-hybridized carbons (Fsp3) is 1.00. The van der Waals surface area contributed by atoms with Gasteiger partial charge in [0.25, 0.3) is 0 Å². The maximum atomic E-state index is 3.56. The molecule has 12 heavy (non-hydrogen) atoms. The predicted octanol–water partition coefficient (Wildman–Crippen LogP) is -0.00930. The summed E-state index contributed by atoms with van der Waals surface area (Å²) in [4.78, 5) is 3.56. The summed E-state index contributed by atoms with van der Waals surface area (Å²) in [5.41, 5.74) is 0.867. The summed E-state index contributed by atoms with van der Waals surface area (Å²) in [6.07, 6.45) is 1.28. The summed E-state index contributed by atoms with van der Waals surface area (Å²) in [7, 11) is 3.77. The van der Waals surface area contributed by atoms with E-state index >= 15 is 0 Å². The SMILES string of the molecule is CCC(C)[SiH2]NC(C)(NC)NC. The Hall–Kier alpha value is 0.0969. The van der Waals surface area contributed by atoms with E-state index in [0.29, 0.717) is 0 Å². The Labute approximate surface area is 78.6 Å². The molecular formula is C8H23N3Si. The molecule has 0 radical (unpaired) electrons. The van der Waals surface area contributed by atoms with Gasteiger partial charge in [-0.3, -0.25) is 10.6 Å². The van der Waals surface area contributed by atoms with Gasteiger partial charge in [-0.2, -0.15) is 0 Å². The zero-order valence-corrected chi connectivity index (χ0v) is 10.4. The smallest absolute Gasteiger partial charge is 0.113 e. The van der Waals surface area contributed by atoms with Crippen molar-refractivity contribution in [2.75, 3.05) is 14.1 Å². The Morgan fingerprint density at radius 1 is 1.33 bits per heavy atom. The summed E-state index contributed by atoms with van der Waals surface area (Å²) < 4.78 is 0. The molecule has 0 saturated heterocycles. The molecule has 74 valence electrons. The van der Waals surface area contributed by atoms with Crippen LogP contribution in [0.1, 0.15) is 27.2 Å². The molecule has 1 atom stereocenters. The third kappa shape index (κ3) is 4.20. The molecule has 0 saturated carbocycles. The highest BCUT2D eigenvalue weighted by atomic mass is 28.2. The summed E-state index contributed by atoms with van der Waals surface area (Å²) >= 11 is 0. The van der Waals surface area contributed by atoms with Crippen LogP contribution in [-0.4, -0.2) is 29.6 Å². The van der Waals surface area contributed by atoms with Crippen LogP contribution < -0.4 is 15.6 Å². The van der Waals surface area contributed by atoms with Crippen molar-refractivity contribution in [2.45, 2.75) is 38.5 Å². The first-order valence-corrected chi connectivity index (χ1v) is 6.23. The first-order valence-electron chi connectivity index (χ1n) is 4.70. The molecule has 0 aromatic rings. The van der Waals surface area contributed by atoms with Crippen molar-refractivity contribution in [3.63, 3.8) is 0 Å². The fourth-order valence-electron chi connectivity index (χ4n) is 0.824. The van der Waals surface area contributed by atoms with Gasteiger partial charge >= 0.3 is 0 Å². The van der Waals surface area contributed by atoms with Gasteiger partial charge in [-0.1, -0.05) is 20.3 Å². The van der Waals surface area contributed by atoms with Crippen LogP contribution in [-0.2, 0) is 0 Å². The second-order valence-electron chi connectivity index (χ2n) is 3.52. The van der Waals surface area contributed by atoms with Crippen LogP contribution in [0.25, 0.3) is 0 Å². The van der Waals surface area contributed by atoms with Crippen LogP contribution in [0.2, 0.25) is 5.54 Å². The predicted molar refractivity (Wildman–Crippen MR) is 57.9 cm³/mol. The fourth-order valence-corrected chi connectivity index (χ4v) is 2.22. The zero-order valence-electron chi connectivity index (χ0n) is 8.99. The minimum absolute atomic E-state index is 0.0738. The molecule has 0 aliphatic carbocycles. The number of hydrogen-bond donors (Lipinski definition) is 3. The third-order valence-electron chi connectivity index (χ3n) is 2.50. The summed E-state index contributed by atoms with van der Waals surface area (Å²) in [5, 5.41) is 6.44. The van der Waals surface area contributed by atoms with Crippen molar-refractivity contribution < 1.29 is 0 Å². The highest BCUT2D eigenvalue weighted by Gasteiger charge is 2.17. The van der Waals surface area contributed by atoms with Crippen LogP contribution in [0, 0.1) is 0 Å². The van der Waals surface area contributed by atoms with Crippen LogP contribution in [0.3, 0.4) is 0 Å². The average Bonchev–Trinajstić information content (AvgIpc) is 2.13. The van der Waals surface area contributed by atoms with Crippen LogP contribution in [0.4, 0.5) is 0 Å². The Balaban J connectivity index is 3.72. The second kappa shape index (κ2) is 5.69. The maximum absolute atomic E-state index is 3.56. The molecule has 0 rings (SSSR count). The molecule has 4 heteroatoms. The number of nitrogens with one attached hydrogen (secondary N) is 3. The van der Waals surface area contributed by atoms with E-state index < -0.39 is 0 Å². The molecule has 0 spiro atoms. The largest absolute Gasteiger partial charge is 0.314 e. The molecule has 0 fully saturated rings. The molecular weight excluding hydrogens is 166 g/mol. The molecule has 0 heterocycles. The summed E-state index contributed by atoms with van der Waals surface area (Å²) in [6, 6.07) is 0. The third-order valence-corrected chi connectivity index (χ3v) is 4.69. The topological polar surface area (TPSA) is 36.1 Å². The number of hydrogen-bond acceptors (Lipinski definition) is 3. The molecule has 3 N–H and O–H groups in total. The Morgan fingerprint density at radius 2 is 1.83 bits per heavy atom. The van der Waals surface area contributed by atoms with Gasteiger partial charge in [0.15, 0.2) is 0 Å². The molecule has 0 aromatic heterocycles. The van der Waals surface area contributed by atoms with E-state index in [2.05, 4.69) is 36.4 Å². The standard InChI is InChI=1S/C8H23N3Si/c1-6-7(2)12-11-8(3,9-4)10-5/h7,9-11H,6,12H2,1-5H3. The van der Waals surface area contributed by atoms with Gasteiger partial charge < -0.3 is 4.98 Å². The van der Waals surface area contributed by atoms with Gasteiger partial charge in [0, 0.05) is 0 Å². The zero-order chi connectivity index (χ0) is 9.61. The Kier molecular flexibility index (Phi) is 5.74. The average molecular weight is 189 g/mol. The lowest BCUT2D eigenvalue weighted by molar-refractivity contribution is 0.305. The lowest BCUT2D eigenvalue weighted by Gasteiger charge is -2.31. The quantitative estimate of drug-likeness (QED) is 0.406. The molecule has 0 aromatic carbocycles. The van der Waals surface area contributed by atoms with Crippen molar-refractivity contribution in [3.8, 4) is 0 Å². The van der Waals surface area contributed by atoms with Crippen molar-refractivity contribution >= 4 is 9.68 Å². The van der Waals surface area contributed by atoms with Crippen molar-refractivity contribution in [1.29, 1.82) is 0 Å². The Morgan fingerprint density at radius 3 is 2.17 bits per heavy atom. The van der Waals surface area contributed by atoms with Gasteiger partial charge in [0.05, 0.1) is 9.68 Å². The van der Waals surface area contributed by atoms with E-state index in [9.17, 15) is 0 Å². The minimum Gasteiger partial charge on any atom is -0.314 e. The van der Waals surface area contributed by atoms with E-state index in [0.717, 1.165) is 5.54 Å². The van der Waals surface area contributed by atoms with E-state index in [1.54, 1.807) is 0 Å². The second-order valence-corrected chi connectivity index (χ2v) is 5.67. The normalized spacial score (nSPS) is 15.8. The van der Waals surface area contributed by atoms with E-state index in [1.165, 1.54) is 6.42 Å². The van der Waals surface area contributed by atoms with Gasteiger partial charge in [-0.05, 0) is 26.6 Å². The Bertz CT molecular complexity index is 115. The van der Waals surface area contributed by atoms with Crippen LogP contribution in [0.15, 0.2) is 0 Å². The van der Waals surface area contributed by atoms with Crippen LogP contribution >= 0.6 is 0 Å². The van der Waals surface area contributed by atoms with Gasteiger partial charge in [0.2, 0.25) is 0 Å². The van der Waals surface area contributed by atoms with Crippen molar-refractivity contribution in [3.05, 3.63) is 0 Å². The van der Waals surface area contributed by atoms with Gasteiger partial charge in [-0.25, -0.2) is 0 Å². The molecule has 0 aliphatic heterocycles. The van der Waals surface area contributed by atoms with E-state index in [4.69, 9.17) is 0 Å². The first kappa shape index (κ1) is 12.1. The van der Waals surface area contributed by atoms with Crippen molar-refractivity contribution in [2.24, 2.45) is 0 Å². The van der Waals surface area contributed by atoms with Gasteiger partial charge in [-0.15, -0.1) is 0 Å². The highest BCUT2D eigenvalue weighted by Crippen LogP contribution is 2.04. The summed E-state index contributed by atoms with van der Waals surface area (Å²) in [6.45, 7) is 6.68. The van der Waals surface area contributed by atoms with Crippen LogP contribution in [0.5, 0.6) is 0 Å². The van der Waals surface area contributed by atoms with Crippen molar-refractivity contribution in [1.82, 2.24) is 15.6 Å². The molecule has 0 aliphatic rings. The van der Waals surface area contributed by atoms with E-state index in [-0.39, 0.29) is 15.5 Å². The summed E-state index contributed by atoms with van der Waals surface area (Å²) in [5.74, 6) is -0.0738. The minimum atomic E-state index is -0.165.